The topological polar surface area (TPSA) is 17.1 Å². The van der Waals surface area contributed by atoms with Gasteiger partial charge >= 0.3 is 0 Å². The van der Waals surface area contributed by atoms with E-state index in [1.54, 1.807) is 11.3 Å². The van der Waals surface area contributed by atoms with E-state index in [2.05, 4.69) is 27.7 Å². The monoisotopic (exact) mass is 196 g/mol. The Balaban J connectivity index is 2.77. The van der Waals surface area contributed by atoms with Crippen molar-refractivity contribution in [1.82, 2.24) is 0 Å². The summed E-state index contributed by atoms with van der Waals surface area (Å²) in [5.74, 6) is 0.742. The van der Waals surface area contributed by atoms with E-state index in [9.17, 15) is 4.79 Å². The Morgan fingerprint density at radius 3 is 2.46 bits per heavy atom. The zero-order chi connectivity index (χ0) is 10.0. The van der Waals surface area contributed by atoms with Crippen molar-refractivity contribution in [2.24, 2.45) is 5.92 Å². The predicted molar refractivity (Wildman–Crippen MR) is 57.6 cm³/mol. The Morgan fingerprint density at radius 1 is 1.46 bits per heavy atom. The number of hydrogen-bond donors (Lipinski definition) is 0. The summed E-state index contributed by atoms with van der Waals surface area (Å²) in [7, 11) is 0. The van der Waals surface area contributed by atoms with Gasteiger partial charge in [0.05, 0.1) is 4.88 Å². The minimum atomic E-state index is 0.288. The van der Waals surface area contributed by atoms with Gasteiger partial charge in [-0.1, -0.05) is 13.8 Å². The molecular formula is C11H16OS. The first-order valence-electron chi connectivity index (χ1n) is 4.61. The van der Waals surface area contributed by atoms with Crippen LogP contribution in [0, 0.1) is 19.8 Å². The molecule has 72 valence electrons. The van der Waals surface area contributed by atoms with Crippen LogP contribution < -0.4 is 0 Å². The number of aryl methyl sites for hydroxylation is 2. The number of Topliss-reactive ketones (excluding diaryl/α,β-unsaturated/α-hetero) is 1. The quantitative estimate of drug-likeness (QED) is 0.675. The maximum Gasteiger partial charge on any atom is 0.173 e. The molecule has 1 aromatic rings. The lowest BCUT2D eigenvalue weighted by Crippen LogP contribution is -2.00. The van der Waals surface area contributed by atoms with Crippen LogP contribution >= 0.6 is 11.3 Å². The molecule has 0 N–H and O–H groups in total. The lowest BCUT2D eigenvalue weighted by Gasteiger charge is -2.00. The second-order valence-corrected chi connectivity index (χ2v) is 5.13. The largest absolute Gasteiger partial charge is 0.293 e. The van der Waals surface area contributed by atoms with Crippen molar-refractivity contribution < 1.29 is 4.79 Å². The maximum atomic E-state index is 11.6. The summed E-state index contributed by atoms with van der Waals surface area (Å²) in [4.78, 5) is 13.8. The Kier molecular flexibility index (Phi) is 3.26. The molecule has 0 unspecified atom stereocenters. The average molecular weight is 196 g/mol. The first kappa shape index (κ1) is 10.5. The number of thiophene rings is 1. The van der Waals surface area contributed by atoms with E-state index in [1.165, 1.54) is 10.4 Å². The number of hydrogen-bond acceptors (Lipinski definition) is 2. The minimum Gasteiger partial charge on any atom is -0.293 e. The van der Waals surface area contributed by atoms with Gasteiger partial charge in [-0.05, 0) is 31.4 Å². The molecule has 1 aromatic heterocycles. The van der Waals surface area contributed by atoms with Gasteiger partial charge < -0.3 is 0 Å². The molecule has 0 saturated heterocycles. The number of carbonyl (C=O) groups is 1. The van der Waals surface area contributed by atoms with Crippen LogP contribution in [-0.2, 0) is 0 Å². The minimum absolute atomic E-state index is 0.288. The molecule has 2 heteroatoms. The summed E-state index contributed by atoms with van der Waals surface area (Å²) in [5, 5.41) is 0. The molecule has 0 aliphatic carbocycles. The van der Waals surface area contributed by atoms with Gasteiger partial charge in [-0.3, -0.25) is 4.79 Å². The highest BCUT2D eigenvalue weighted by atomic mass is 32.1. The molecule has 0 aromatic carbocycles. The predicted octanol–water partition coefficient (Wildman–Crippen LogP) is 3.59. The molecular weight excluding hydrogens is 180 g/mol. The first-order valence-corrected chi connectivity index (χ1v) is 5.42. The Bertz CT molecular complexity index is 290. The van der Waals surface area contributed by atoms with Crippen LogP contribution in [0.2, 0.25) is 0 Å². The van der Waals surface area contributed by atoms with E-state index in [0.29, 0.717) is 12.3 Å². The van der Waals surface area contributed by atoms with Crippen LogP contribution in [0.25, 0.3) is 0 Å². The zero-order valence-corrected chi connectivity index (χ0v) is 9.49. The van der Waals surface area contributed by atoms with E-state index in [1.807, 2.05) is 6.07 Å². The second-order valence-electron chi connectivity index (χ2n) is 3.87. The summed E-state index contributed by atoms with van der Waals surface area (Å²) < 4.78 is 0. The Morgan fingerprint density at radius 2 is 2.08 bits per heavy atom. The smallest absolute Gasteiger partial charge is 0.173 e. The van der Waals surface area contributed by atoms with Gasteiger partial charge in [-0.15, -0.1) is 11.3 Å². The summed E-state index contributed by atoms with van der Waals surface area (Å²) in [6.07, 6.45) is 0.666. The molecule has 0 atom stereocenters. The van der Waals surface area contributed by atoms with Crippen molar-refractivity contribution >= 4 is 17.1 Å². The first-order chi connectivity index (χ1) is 6.00. The lowest BCUT2D eigenvalue weighted by atomic mass is 10.1. The van der Waals surface area contributed by atoms with Crippen LogP contribution in [0.4, 0.5) is 0 Å². The fourth-order valence-corrected chi connectivity index (χ4v) is 2.16. The molecule has 1 nitrogen and oxygen atoms in total. The zero-order valence-electron chi connectivity index (χ0n) is 8.68. The van der Waals surface area contributed by atoms with Crippen LogP contribution in [0.1, 0.15) is 40.4 Å². The summed E-state index contributed by atoms with van der Waals surface area (Å²) in [5.41, 5.74) is 1.23. The molecule has 0 saturated carbocycles. The standard InChI is InChI=1S/C11H16OS/c1-7(2)5-10(12)11-6-8(3)9(4)13-11/h6-7H,5H2,1-4H3. The molecule has 1 rings (SSSR count). The number of carbonyl (C=O) groups excluding carboxylic acids is 1. The fourth-order valence-electron chi connectivity index (χ4n) is 1.18. The van der Waals surface area contributed by atoms with Crippen molar-refractivity contribution in [3.63, 3.8) is 0 Å². The summed E-state index contributed by atoms with van der Waals surface area (Å²) >= 11 is 1.61. The molecule has 0 spiro atoms. The van der Waals surface area contributed by atoms with E-state index in [0.717, 1.165) is 4.88 Å². The average Bonchev–Trinajstić information content (AvgIpc) is 2.31. The molecule has 0 aliphatic rings. The highest BCUT2D eigenvalue weighted by Gasteiger charge is 2.11. The highest BCUT2D eigenvalue weighted by Crippen LogP contribution is 2.22. The summed E-state index contributed by atoms with van der Waals surface area (Å²) in [6, 6.07) is 2.00. The Labute approximate surface area is 83.8 Å². The normalized spacial score (nSPS) is 10.8. The van der Waals surface area contributed by atoms with Crippen molar-refractivity contribution in [1.29, 1.82) is 0 Å². The molecule has 0 aliphatic heterocycles. The van der Waals surface area contributed by atoms with Gasteiger partial charge in [0.1, 0.15) is 0 Å². The van der Waals surface area contributed by atoms with Crippen LogP contribution in [0.15, 0.2) is 6.07 Å². The Hall–Kier alpha value is -0.630. The second kappa shape index (κ2) is 4.05. The molecule has 0 fully saturated rings. The van der Waals surface area contributed by atoms with E-state index >= 15 is 0 Å². The SMILES string of the molecule is Cc1cc(C(=O)CC(C)C)sc1C. The molecule has 13 heavy (non-hydrogen) atoms. The lowest BCUT2D eigenvalue weighted by molar-refractivity contribution is 0.0972. The number of rotatable bonds is 3. The summed E-state index contributed by atoms with van der Waals surface area (Å²) in [6.45, 7) is 8.26. The third-order valence-corrected chi connectivity index (χ3v) is 3.23. The van der Waals surface area contributed by atoms with E-state index in [4.69, 9.17) is 0 Å². The molecule has 1 heterocycles. The third kappa shape index (κ3) is 2.66. The van der Waals surface area contributed by atoms with Gasteiger partial charge in [0.25, 0.3) is 0 Å². The number of ketones is 1. The van der Waals surface area contributed by atoms with Gasteiger partial charge in [0.15, 0.2) is 5.78 Å². The van der Waals surface area contributed by atoms with Gasteiger partial charge in [-0.25, -0.2) is 0 Å². The van der Waals surface area contributed by atoms with Gasteiger partial charge in [0.2, 0.25) is 0 Å². The molecule has 0 radical (unpaired) electrons. The molecule has 0 amide bonds. The maximum absolute atomic E-state index is 11.6. The van der Waals surface area contributed by atoms with Crippen molar-refractivity contribution in [3.8, 4) is 0 Å². The van der Waals surface area contributed by atoms with Crippen molar-refractivity contribution in [3.05, 3.63) is 21.4 Å². The van der Waals surface area contributed by atoms with Crippen LogP contribution in [-0.4, -0.2) is 5.78 Å². The van der Waals surface area contributed by atoms with Crippen LogP contribution in [0.3, 0.4) is 0 Å². The van der Waals surface area contributed by atoms with Gasteiger partial charge in [-0.2, -0.15) is 0 Å². The van der Waals surface area contributed by atoms with E-state index in [-0.39, 0.29) is 5.78 Å². The molecule has 0 bridgehead atoms. The third-order valence-electron chi connectivity index (χ3n) is 2.03. The van der Waals surface area contributed by atoms with Crippen molar-refractivity contribution in [2.45, 2.75) is 34.1 Å². The van der Waals surface area contributed by atoms with Crippen molar-refractivity contribution in [2.75, 3.05) is 0 Å². The van der Waals surface area contributed by atoms with E-state index < -0.39 is 0 Å². The fraction of sp³-hybridized carbons (Fsp3) is 0.545. The highest BCUT2D eigenvalue weighted by molar-refractivity contribution is 7.14. The van der Waals surface area contributed by atoms with Crippen LogP contribution in [0.5, 0.6) is 0 Å². The van der Waals surface area contributed by atoms with Gasteiger partial charge in [0, 0.05) is 11.3 Å².